The van der Waals surface area contributed by atoms with Crippen LogP contribution < -0.4 is 5.32 Å². The third-order valence-electron chi connectivity index (χ3n) is 3.86. The third-order valence-corrected chi connectivity index (χ3v) is 4.17. The number of carbonyl (C=O) groups is 1. The van der Waals surface area contributed by atoms with E-state index < -0.39 is 42.2 Å². The number of aliphatic hydroxyl groups excluding tert-OH is 2. The summed E-state index contributed by atoms with van der Waals surface area (Å²) in [4.78, 5) is 11.9. The topological polar surface area (TPSA) is 108 Å². The Labute approximate surface area is 149 Å². The number of nitrogens with one attached hydrogen (secondary N) is 1. The van der Waals surface area contributed by atoms with Gasteiger partial charge in [0, 0.05) is 6.61 Å². The van der Waals surface area contributed by atoms with Crippen molar-refractivity contribution in [3.8, 4) is 0 Å². The monoisotopic (exact) mass is 365 g/mol. The molecule has 1 aliphatic heterocycles. The van der Waals surface area contributed by atoms with Gasteiger partial charge in [-0.25, -0.2) is 0 Å². The van der Waals surface area contributed by atoms with Gasteiger partial charge in [0.2, 0.25) is 5.91 Å². The molecule has 0 saturated carbocycles. The molecule has 0 unspecified atom stereocenters. The van der Waals surface area contributed by atoms with Crippen LogP contribution in [0, 0.1) is 0 Å². The number of aliphatic hydroxyl groups is 3. The van der Waals surface area contributed by atoms with E-state index >= 15 is 0 Å². The molecule has 1 amide bonds. The van der Waals surface area contributed by atoms with Crippen LogP contribution in [-0.4, -0.2) is 69.8 Å². The summed E-state index contributed by atoms with van der Waals surface area (Å²) in [6.07, 6.45) is -1.23. The predicted molar refractivity (Wildman–Crippen MR) is 92.9 cm³/mol. The van der Waals surface area contributed by atoms with Crippen molar-refractivity contribution in [3.63, 3.8) is 0 Å². The molecule has 0 spiro atoms. The number of thiol groups is 1. The predicted octanol–water partition coefficient (Wildman–Crippen LogP) is 0.215. The zero-order valence-electron chi connectivity index (χ0n) is 14.6. The quantitative estimate of drug-likeness (QED) is 0.295. The lowest BCUT2D eigenvalue weighted by atomic mass is 9.96. The Morgan fingerprint density at radius 2 is 1.92 bits per heavy atom. The first-order valence-electron chi connectivity index (χ1n) is 8.41. The zero-order valence-corrected chi connectivity index (χ0v) is 15.5. The second kappa shape index (κ2) is 9.94. The first kappa shape index (κ1) is 21.7. The van der Waals surface area contributed by atoms with Gasteiger partial charge < -0.3 is 30.1 Å². The van der Waals surface area contributed by atoms with E-state index in [1.165, 1.54) is 13.8 Å². The summed E-state index contributed by atoms with van der Waals surface area (Å²) in [6.45, 7) is 5.17. The fourth-order valence-corrected chi connectivity index (χ4v) is 2.81. The minimum atomic E-state index is -1.25. The lowest BCUT2D eigenvalue weighted by Crippen LogP contribution is -2.63. The SMILES string of the molecule is C[C@H]1O[C@@H](OCCCCCS)[C@H](O)[C@@H](O)[C@@H]1NC(=O)CC(C)(C)O. The molecule has 0 aromatic rings. The van der Waals surface area contributed by atoms with Crippen molar-refractivity contribution in [2.45, 2.75) is 82.7 Å². The molecule has 0 aliphatic carbocycles. The molecule has 0 bridgehead atoms. The molecule has 1 heterocycles. The van der Waals surface area contributed by atoms with E-state index in [-0.39, 0.29) is 6.42 Å². The van der Waals surface area contributed by atoms with Gasteiger partial charge in [-0.05, 0) is 39.4 Å². The van der Waals surface area contributed by atoms with Crippen LogP contribution in [0.25, 0.3) is 0 Å². The van der Waals surface area contributed by atoms with Crippen LogP contribution in [0.5, 0.6) is 0 Å². The fourth-order valence-electron chi connectivity index (χ4n) is 2.59. The standard InChI is InChI=1S/C16H31NO6S/c1-10-12(17-11(18)9-16(2,3)21)13(19)14(20)15(23-10)22-7-5-4-6-8-24/h10,12-15,19-21,24H,4-9H2,1-3H3,(H,17,18)/t10-,12-,13+,14-,15-/m1/s1. The highest BCUT2D eigenvalue weighted by Crippen LogP contribution is 2.22. The van der Waals surface area contributed by atoms with E-state index in [9.17, 15) is 20.1 Å². The molecule has 4 N–H and O–H groups in total. The molecule has 8 heteroatoms. The van der Waals surface area contributed by atoms with Crippen LogP contribution in [0.3, 0.4) is 0 Å². The van der Waals surface area contributed by atoms with Gasteiger partial charge in [0.15, 0.2) is 6.29 Å². The lowest BCUT2D eigenvalue weighted by Gasteiger charge is -2.41. The molecule has 1 rings (SSSR count). The molecular formula is C16H31NO6S. The Kier molecular flexibility index (Phi) is 8.97. The molecule has 24 heavy (non-hydrogen) atoms. The van der Waals surface area contributed by atoms with Crippen molar-refractivity contribution in [2.75, 3.05) is 12.4 Å². The summed E-state index contributed by atoms with van der Waals surface area (Å²) in [5, 5.41) is 32.7. The Hall–Kier alpha value is -0.380. The molecule has 0 aromatic carbocycles. The van der Waals surface area contributed by atoms with Gasteiger partial charge in [-0.1, -0.05) is 6.42 Å². The van der Waals surface area contributed by atoms with Crippen molar-refractivity contribution in [1.82, 2.24) is 5.32 Å². The van der Waals surface area contributed by atoms with E-state index in [4.69, 9.17) is 9.47 Å². The van der Waals surface area contributed by atoms with E-state index in [0.29, 0.717) is 6.61 Å². The second-order valence-corrected chi connectivity index (χ2v) is 7.38. The molecule has 1 aliphatic rings. The van der Waals surface area contributed by atoms with Gasteiger partial charge in [0.1, 0.15) is 12.2 Å². The van der Waals surface area contributed by atoms with Gasteiger partial charge in [-0.15, -0.1) is 0 Å². The van der Waals surface area contributed by atoms with Gasteiger partial charge in [-0.2, -0.15) is 12.6 Å². The highest BCUT2D eigenvalue weighted by Gasteiger charge is 2.44. The Morgan fingerprint density at radius 1 is 1.25 bits per heavy atom. The summed E-state index contributed by atoms with van der Waals surface area (Å²) in [7, 11) is 0. The molecular weight excluding hydrogens is 334 g/mol. The number of amides is 1. The molecule has 0 radical (unpaired) electrons. The Balaban J connectivity index is 2.49. The number of unbranched alkanes of at least 4 members (excludes halogenated alkanes) is 2. The van der Waals surface area contributed by atoms with Crippen LogP contribution >= 0.6 is 12.6 Å². The first-order chi connectivity index (χ1) is 11.2. The number of hydrogen-bond acceptors (Lipinski definition) is 7. The normalized spacial score (nSPS) is 31.0. The summed E-state index contributed by atoms with van der Waals surface area (Å²) < 4.78 is 11.1. The maximum Gasteiger partial charge on any atom is 0.223 e. The van der Waals surface area contributed by atoms with Crippen molar-refractivity contribution >= 4 is 18.5 Å². The maximum atomic E-state index is 11.9. The number of hydrogen-bond donors (Lipinski definition) is 5. The molecule has 5 atom stereocenters. The van der Waals surface area contributed by atoms with Crippen LogP contribution in [-0.2, 0) is 14.3 Å². The number of carbonyl (C=O) groups excluding carboxylic acids is 1. The highest BCUT2D eigenvalue weighted by molar-refractivity contribution is 7.80. The lowest BCUT2D eigenvalue weighted by molar-refractivity contribution is -0.272. The van der Waals surface area contributed by atoms with Crippen LogP contribution in [0.15, 0.2) is 0 Å². The smallest absolute Gasteiger partial charge is 0.223 e. The van der Waals surface area contributed by atoms with E-state index in [2.05, 4.69) is 17.9 Å². The number of rotatable bonds is 9. The molecule has 7 nitrogen and oxygen atoms in total. The van der Waals surface area contributed by atoms with Crippen molar-refractivity contribution in [2.24, 2.45) is 0 Å². The Bertz CT molecular complexity index is 389. The van der Waals surface area contributed by atoms with Crippen molar-refractivity contribution < 1.29 is 29.6 Å². The summed E-state index contributed by atoms with van der Waals surface area (Å²) in [5.41, 5.74) is -1.15. The highest BCUT2D eigenvalue weighted by atomic mass is 32.1. The van der Waals surface area contributed by atoms with Gasteiger partial charge >= 0.3 is 0 Å². The van der Waals surface area contributed by atoms with Crippen LogP contribution in [0.4, 0.5) is 0 Å². The first-order valence-corrected chi connectivity index (χ1v) is 9.05. The summed E-state index contributed by atoms with van der Waals surface area (Å²) >= 11 is 4.14. The van der Waals surface area contributed by atoms with Crippen molar-refractivity contribution in [1.29, 1.82) is 0 Å². The van der Waals surface area contributed by atoms with E-state index in [1.807, 2.05) is 0 Å². The molecule has 0 aromatic heterocycles. The van der Waals surface area contributed by atoms with Gasteiger partial charge in [0.05, 0.1) is 24.2 Å². The van der Waals surface area contributed by atoms with Crippen molar-refractivity contribution in [3.05, 3.63) is 0 Å². The van der Waals surface area contributed by atoms with Gasteiger partial charge in [-0.3, -0.25) is 4.79 Å². The minimum absolute atomic E-state index is 0.107. The summed E-state index contributed by atoms with van der Waals surface area (Å²) in [5.74, 6) is 0.407. The van der Waals surface area contributed by atoms with E-state index in [0.717, 1.165) is 25.0 Å². The summed E-state index contributed by atoms with van der Waals surface area (Å²) in [6, 6.07) is -0.765. The van der Waals surface area contributed by atoms with Crippen LogP contribution in [0.1, 0.15) is 46.5 Å². The average Bonchev–Trinajstić information content (AvgIpc) is 2.46. The molecule has 142 valence electrons. The Morgan fingerprint density at radius 3 is 2.50 bits per heavy atom. The zero-order chi connectivity index (χ0) is 18.3. The fraction of sp³-hybridized carbons (Fsp3) is 0.938. The molecule has 1 fully saturated rings. The third kappa shape index (κ3) is 7.25. The van der Waals surface area contributed by atoms with Gasteiger partial charge in [0.25, 0.3) is 0 Å². The van der Waals surface area contributed by atoms with E-state index in [1.54, 1.807) is 6.92 Å². The largest absolute Gasteiger partial charge is 0.390 e. The minimum Gasteiger partial charge on any atom is -0.390 e. The number of ether oxygens (including phenoxy) is 2. The average molecular weight is 365 g/mol. The molecule has 1 saturated heterocycles. The maximum absolute atomic E-state index is 11.9. The second-order valence-electron chi connectivity index (χ2n) is 6.93. The van der Waals surface area contributed by atoms with Crippen LogP contribution in [0.2, 0.25) is 0 Å².